The Morgan fingerprint density at radius 3 is 2.45 bits per heavy atom. The molecule has 0 bridgehead atoms. The van der Waals surface area contributed by atoms with Crippen molar-refractivity contribution in [2.45, 2.75) is 20.0 Å². The zero-order valence-corrected chi connectivity index (χ0v) is 18.9. The van der Waals surface area contributed by atoms with Gasteiger partial charge in [-0.15, -0.1) is 0 Å². The van der Waals surface area contributed by atoms with Crippen LogP contribution in [-0.2, 0) is 13.1 Å². The van der Waals surface area contributed by atoms with E-state index in [-0.39, 0.29) is 5.91 Å². The van der Waals surface area contributed by atoms with E-state index in [2.05, 4.69) is 68.6 Å². The highest BCUT2D eigenvalue weighted by Gasteiger charge is 2.18. The van der Waals surface area contributed by atoms with Crippen LogP contribution < -0.4 is 10.2 Å². The van der Waals surface area contributed by atoms with Crippen molar-refractivity contribution in [3.63, 3.8) is 0 Å². The number of imidazole rings is 1. The molecule has 2 aromatic carbocycles. The lowest BCUT2D eigenvalue weighted by Crippen LogP contribution is -2.46. The SMILES string of the molecule is Cc1ccn2cc(C(=O)NCc3ccccc3CN3CCN(c4ccccc4)CC3)nc2c1. The van der Waals surface area contributed by atoms with Gasteiger partial charge in [0.1, 0.15) is 11.3 Å². The second-order valence-corrected chi connectivity index (χ2v) is 8.65. The fourth-order valence-electron chi connectivity index (χ4n) is 4.39. The zero-order valence-electron chi connectivity index (χ0n) is 18.9. The number of amides is 1. The van der Waals surface area contributed by atoms with Gasteiger partial charge in [-0.3, -0.25) is 9.69 Å². The molecule has 4 aromatic rings. The van der Waals surface area contributed by atoms with Crippen molar-refractivity contribution < 1.29 is 4.79 Å². The maximum Gasteiger partial charge on any atom is 0.271 e. The van der Waals surface area contributed by atoms with Crippen LogP contribution >= 0.6 is 0 Å². The van der Waals surface area contributed by atoms with E-state index in [0.717, 1.165) is 49.5 Å². The molecule has 33 heavy (non-hydrogen) atoms. The molecular weight excluding hydrogens is 410 g/mol. The first-order valence-corrected chi connectivity index (χ1v) is 11.5. The fourth-order valence-corrected chi connectivity index (χ4v) is 4.39. The first-order chi connectivity index (χ1) is 16.2. The minimum absolute atomic E-state index is 0.150. The van der Waals surface area contributed by atoms with Gasteiger partial charge < -0.3 is 14.6 Å². The van der Waals surface area contributed by atoms with Crippen LogP contribution in [0.15, 0.2) is 79.1 Å². The van der Waals surface area contributed by atoms with Crippen LogP contribution in [0.4, 0.5) is 5.69 Å². The van der Waals surface area contributed by atoms with Gasteiger partial charge in [0, 0.05) is 57.3 Å². The first-order valence-electron chi connectivity index (χ1n) is 11.5. The van der Waals surface area contributed by atoms with Crippen LogP contribution in [0.25, 0.3) is 5.65 Å². The van der Waals surface area contributed by atoms with Crippen LogP contribution in [0.1, 0.15) is 27.2 Å². The summed E-state index contributed by atoms with van der Waals surface area (Å²) >= 11 is 0. The van der Waals surface area contributed by atoms with Crippen molar-refractivity contribution in [3.8, 4) is 0 Å². The number of hydrogen-bond acceptors (Lipinski definition) is 4. The Bertz CT molecular complexity index is 1240. The van der Waals surface area contributed by atoms with Crippen molar-refractivity contribution in [2.24, 2.45) is 0 Å². The Balaban J connectivity index is 1.20. The standard InChI is InChI=1S/C27H29N5O/c1-21-11-12-32-20-25(29-26(32)17-21)27(33)28-18-22-7-5-6-8-23(22)19-30-13-15-31(16-14-30)24-9-3-2-4-10-24/h2-12,17,20H,13-16,18-19H2,1H3,(H,28,33). The molecule has 0 spiro atoms. The van der Waals surface area contributed by atoms with Crippen LogP contribution in [-0.4, -0.2) is 46.4 Å². The topological polar surface area (TPSA) is 52.9 Å². The van der Waals surface area contributed by atoms with Gasteiger partial charge in [-0.2, -0.15) is 0 Å². The van der Waals surface area contributed by atoms with E-state index in [1.54, 1.807) is 6.20 Å². The Morgan fingerprint density at radius 1 is 0.939 bits per heavy atom. The quantitative estimate of drug-likeness (QED) is 0.495. The molecule has 1 N–H and O–H groups in total. The Labute approximate surface area is 194 Å². The van der Waals surface area contributed by atoms with E-state index in [4.69, 9.17) is 0 Å². The molecule has 168 valence electrons. The third-order valence-electron chi connectivity index (χ3n) is 6.29. The number of nitrogens with zero attached hydrogens (tertiary/aromatic N) is 4. The number of piperazine rings is 1. The highest BCUT2D eigenvalue weighted by Crippen LogP contribution is 2.18. The lowest BCUT2D eigenvalue weighted by Gasteiger charge is -2.36. The van der Waals surface area contributed by atoms with E-state index in [1.165, 1.54) is 11.3 Å². The molecule has 2 aromatic heterocycles. The normalized spacial score (nSPS) is 14.5. The number of fused-ring (bicyclic) bond motifs is 1. The van der Waals surface area contributed by atoms with Crippen LogP contribution in [0, 0.1) is 6.92 Å². The van der Waals surface area contributed by atoms with Crippen LogP contribution in [0.5, 0.6) is 0 Å². The minimum atomic E-state index is -0.150. The number of nitrogens with one attached hydrogen (secondary N) is 1. The summed E-state index contributed by atoms with van der Waals surface area (Å²) in [6.07, 6.45) is 3.71. The van der Waals surface area contributed by atoms with Gasteiger partial charge in [0.2, 0.25) is 0 Å². The highest BCUT2D eigenvalue weighted by atomic mass is 16.1. The van der Waals surface area contributed by atoms with Gasteiger partial charge in [-0.25, -0.2) is 4.98 Å². The average molecular weight is 440 g/mol. The van der Waals surface area contributed by atoms with Gasteiger partial charge in [0.25, 0.3) is 5.91 Å². The molecule has 0 saturated carbocycles. The molecule has 3 heterocycles. The molecule has 1 aliphatic heterocycles. The van der Waals surface area contributed by atoms with Crippen molar-refractivity contribution in [2.75, 3.05) is 31.1 Å². The molecule has 6 nitrogen and oxygen atoms in total. The summed E-state index contributed by atoms with van der Waals surface area (Å²) in [5.41, 5.74) is 6.05. The molecule has 1 fully saturated rings. The van der Waals surface area contributed by atoms with Gasteiger partial charge in [0.15, 0.2) is 0 Å². The monoisotopic (exact) mass is 439 g/mol. The number of hydrogen-bond donors (Lipinski definition) is 1. The predicted octanol–water partition coefficient (Wildman–Crippen LogP) is 3.89. The summed E-state index contributed by atoms with van der Waals surface area (Å²) in [6.45, 7) is 7.50. The smallest absolute Gasteiger partial charge is 0.271 e. The summed E-state index contributed by atoms with van der Waals surface area (Å²) in [6, 6.07) is 23.0. The van der Waals surface area contributed by atoms with E-state index >= 15 is 0 Å². The molecule has 1 saturated heterocycles. The maximum atomic E-state index is 12.7. The molecule has 0 atom stereocenters. The number of para-hydroxylation sites is 1. The molecular formula is C27H29N5O. The van der Waals surface area contributed by atoms with Crippen molar-refractivity contribution in [1.29, 1.82) is 0 Å². The number of aromatic nitrogens is 2. The summed E-state index contributed by atoms with van der Waals surface area (Å²) in [5.74, 6) is -0.150. The van der Waals surface area contributed by atoms with Crippen molar-refractivity contribution in [1.82, 2.24) is 19.6 Å². The zero-order chi connectivity index (χ0) is 22.6. The minimum Gasteiger partial charge on any atom is -0.369 e. The second-order valence-electron chi connectivity index (χ2n) is 8.65. The van der Waals surface area contributed by atoms with E-state index in [9.17, 15) is 4.79 Å². The largest absolute Gasteiger partial charge is 0.369 e. The van der Waals surface area contributed by atoms with Crippen LogP contribution in [0.2, 0.25) is 0 Å². The Morgan fingerprint density at radius 2 is 1.67 bits per heavy atom. The summed E-state index contributed by atoms with van der Waals surface area (Å²) in [4.78, 5) is 22.1. The Hall–Kier alpha value is -3.64. The average Bonchev–Trinajstić information content (AvgIpc) is 3.28. The highest BCUT2D eigenvalue weighted by molar-refractivity contribution is 5.92. The van der Waals surface area contributed by atoms with Gasteiger partial charge >= 0.3 is 0 Å². The second kappa shape index (κ2) is 9.46. The third-order valence-corrected chi connectivity index (χ3v) is 6.29. The van der Waals surface area contributed by atoms with Gasteiger partial charge in [-0.05, 0) is 47.9 Å². The molecule has 1 amide bonds. The van der Waals surface area contributed by atoms with Crippen LogP contribution in [0.3, 0.4) is 0 Å². The number of benzene rings is 2. The van der Waals surface area contributed by atoms with Crippen molar-refractivity contribution in [3.05, 3.63) is 102 Å². The molecule has 0 unspecified atom stereocenters. The molecule has 0 radical (unpaired) electrons. The number of pyridine rings is 1. The molecule has 6 heteroatoms. The number of rotatable bonds is 6. The fraction of sp³-hybridized carbons (Fsp3) is 0.259. The van der Waals surface area contributed by atoms with E-state index < -0.39 is 0 Å². The van der Waals surface area contributed by atoms with Gasteiger partial charge in [0.05, 0.1) is 0 Å². The molecule has 5 rings (SSSR count). The maximum absolute atomic E-state index is 12.7. The lowest BCUT2D eigenvalue weighted by atomic mass is 10.1. The van der Waals surface area contributed by atoms with Crippen molar-refractivity contribution >= 4 is 17.2 Å². The predicted molar refractivity (Wildman–Crippen MR) is 131 cm³/mol. The summed E-state index contributed by atoms with van der Waals surface area (Å²) < 4.78 is 1.88. The summed E-state index contributed by atoms with van der Waals surface area (Å²) in [5, 5.41) is 3.06. The van der Waals surface area contributed by atoms with E-state index in [0.29, 0.717) is 12.2 Å². The number of carbonyl (C=O) groups excluding carboxylic acids is 1. The third kappa shape index (κ3) is 4.91. The number of anilines is 1. The summed E-state index contributed by atoms with van der Waals surface area (Å²) in [7, 11) is 0. The Kier molecular flexibility index (Phi) is 6.09. The first kappa shape index (κ1) is 21.2. The molecule has 0 aliphatic carbocycles. The van der Waals surface area contributed by atoms with Gasteiger partial charge in [-0.1, -0.05) is 42.5 Å². The lowest BCUT2D eigenvalue weighted by molar-refractivity contribution is 0.0946. The number of aryl methyl sites for hydroxylation is 1. The molecule has 1 aliphatic rings. The van der Waals surface area contributed by atoms with E-state index in [1.807, 2.05) is 35.7 Å². The number of carbonyl (C=O) groups is 1.